The van der Waals surface area contributed by atoms with E-state index >= 15 is 0 Å². The summed E-state index contributed by atoms with van der Waals surface area (Å²) in [5, 5.41) is 34.4. The first-order valence-electron chi connectivity index (χ1n) is 16.6. The summed E-state index contributed by atoms with van der Waals surface area (Å²) in [6, 6.07) is 36.5. The van der Waals surface area contributed by atoms with E-state index in [9.17, 15) is 25.1 Å². The molecule has 0 amide bonds. The maximum Gasteiger partial charge on any atom is 0.360 e. The van der Waals surface area contributed by atoms with Crippen LogP contribution in [0.2, 0.25) is 0 Å². The SMILES string of the molecule is CCOC(=O)c1nc(Br)c2c3ccccc3n(-c3ccccc3)c2c1O.CCOC(=O)c1nc(C#N)c2c3ccccc3n(-c3ccccc3)c2c1O. The van der Waals surface area contributed by atoms with E-state index in [4.69, 9.17) is 9.47 Å². The predicted octanol–water partition coefficient (Wildman–Crippen LogP) is 8.76. The van der Waals surface area contributed by atoms with E-state index in [2.05, 4.69) is 25.9 Å². The molecule has 0 aliphatic carbocycles. The van der Waals surface area contributed by atoms with Gasteiger partial charge in [0.2, 0.25) is 0 Å². The molecular formula is C41H30BrN5O6. The number of benzene rings is 4. The van der Waals surface area contributed by atoms with Gasteiger partial charge in [-0.15, -0.1) is 0 Å². The van der Waals surface area contributed by atoms with E-state index in [1.807, 2.05) is 124 Å². The van der Waals surface area contributed by atoms with Crippen LogP contribution in [0.3, 0.4) is 0 Å². The molecule has 8 aromatic rings. The zero-order valence-corrected chi connectivity index (χ0v) is 30.0. The summed E-state index contributed by atoms with van der Waals surface area (Å²) in [4.78, 5) is 32.9. The molecule has 0 unspecified atom stereocenters. The summed E-state index contributed by atoms with van der Waals surface area (Å²) in [6.45, 7) is 3.72. The molecule has 0 saturated heterocycles. The van der Waals surface area contributed by atoms with Gasteiger partial charge in [0.05, 0.1) is 24.2 Å². The van der Waals surface area contributed by atoms with Crippen molar-refractivity contribution >= 4 is 71.5 Å². The summed E-state index contributed by atoms with van der Waals surface area (Å²) in [5.74, 6) is -1.92. The first kappa shape index (κ1) is 34.7. The number of aromatic hydroxyl groups is 2. The first-order chi connectivity index (χ1) is 25.8. The number of para-hydroxylation sites is 4. The van der Waals surface area contributed by atoms with Crippen LogP contribution in [0.25, 0.3) is 55.0 Å². The second kappa shape index (κ2) is 14.5. The lowest BCUT2D eigenvalue weighted by Gasteiger charge is -2.11. The van der Waals surface area contributed by atoms with Crippen LogP contribution in [0.1, 0.15) is 40.5 Å². The van der Waals surface area contributed by atoms with Crippen LogP contribution in [-0.2, 0) is 9.47 Å². The average Bonchev–Trinajstić information content (AvgIpc) is 3.73. The highest BCUT2D eigenvalue weighted by Gasteiger charge is 2.27. The van der Waals surface area contributed by atoms with Crippen molar-refractivity contribution in [2.24, 2.45) is 0 Å². The van der Waals surface area contributed by atoms with Crippen molar-refractivity contribution in [3.63, 3.8) is 0 Å². The van der Waals surface area contributed by atoms with E-state index in [1.165, 1.54) is 0 Å². The van der Waals surface area contributed by atoms with Crippen LogP contribution in [0.15, 0.2) is 114 Å². The Morgan fingerprint density at radius 1 is 0.660 bits per heavy atom. The molecule has 4 aromatic heterocycles. The third-order valence-corrected chi connectivity index (χ3v) is 9.17. The van der Waals surface area contributed by atoms with Crippen LogP contribution >= 0.6 is 15.9 Å². The fraction of sp³-hybridized carbons (Fsp3) is 0.0976. The molecule has 53 heavy (non-hydrogen) atoms. The highest BCUT2D eigenvalue weighted by Crippen LogP contribution is 2.42. The molecule has 11 nitrogen and oxygen atoms in total. The molecule has 0 fully saturated rings. The molecule has 2 N–H and O–H groups in total. The summed E-state index contributed by atoms with van der Waals surface area (Å²) in [5.41, 5.74) is 3.95. The van der Waals surface area contributed by atoms with Crippen molar-refractivity contribution < 1.29 is 29.3 Å². The Labute approximate surface area is 311 Å². The number of fused-ring (bicyclic) bond motifs is 6. The van der Waals surface area contributed by atoms with Gasteiger partial charge in [-0.1, -0.05) is 72.8 Å². The number of aromatic nitrogens is 4. The molecule has 0 aliphatic rings. The van der Waals surface area contributed by atoms with E-state index < -0.39 is 11.9 Å². The largest absolute Gasteiger partial charge is 0.504 e. The van der Waals surface area contributed by atoms with Crippen molar-refractivity contribution in [3.05, 3.63) is 131 Å². The van der Waals surface area contributed by atoms with Gasteiger partial charge in [-0.25, -0.2) is 19.6 Å². The maximum atomic E-state index is 12.3. The normalized spacial score (nSPS) is 11.0. The maximum absolute atomic E-state index is 12.3. The quantitative estimate of drug-likeness (QED) is 0.125. The number of carbonyl (C=O) groups is 2. The lowest BCUT2D eigenvalue weighted by Crippen LogP contribution is -2.09. The van der Waals surface area contributed by atoms with Crippen molar-refractivity contribution in [2.75, 3.05) is 13.2 Å². The van der Waals surface area contributed by atoms with Gasteiger partial charge in [0.25, 0.3) is 0 Å². The highest BCUT2D eigenvalue weighted by molar-refractivity contribution is 9.10. The van der Waals surface area contributed by atoms with E-state index in [0.717, 1.165) is 38.6 Å². The van der Waals surface area contributed by atoms with Crippen LogP contribution < -0.4 is 0 Å². The van der Waals surface area contributed by atoms with E-state index in [-0.39, 0.29) is 41.8 Å². The molecule has 12 heteroatoms. The molecule has 4 heterocycles. The lowest BCUT2D eigenvalue weighted by atomic mass is 10.1. The van der Waals surface area contributed by atoms with Crippen LogP contribution in [0.4, 0.5) is 0 Å². The Bertz CT molecular complexity index is 2740. The van der Waals surface area contributed by atoms with Gasteiger partial charge in [0.15, 0.2) is 28.6 Å². The average molecular weight is 769 g/mol. The molecule has 0 atom stereocenters. The Morgan fingerprint density at radius 2 is 1.08 bits per heavy atom. The van der Waals surface area contributed by atoms with E-state index in [1.54, 1.807) is 13.8 Å². The van der Waals surface area contributed by atoms with Gasteiger partial charge in [-0.2, -0.15) is 5.26 Å². The van der Waals surface area contributed by atoms with E-state index in [0.29, 0.717) is 21.0 Å². The zero-order valence-electron chi connectivity index (χ0n) is 28.4. The van der Waals surface area contributed by atoms with Gasteiger partial charge >= 0.3 is 11.9 Å². The van der Waals surface area contributed by atoms with Crippen molar-refractivity contribution in [3.8, 4) is 28.9 Å². The minimum Gasteiger partial charge on any atom is -0.504 e. The second-order valence-electron chi connectivity index (χ2n) is 11.6. The minimum atomic E-state index is -0.765. The molecule has 262 valence electrons. The third kappa shape index (κ3) is 5.96. The van der Waals surface area contributed by atoms with Gasteiger partial charge < -0.3 is 28.8 Å². The number of hydrogen-bond donors (Lipinski definition) is 2. The standard InChI is InChI=1S/C21H15N3O3.C20H15BrN2O3/c1-2-27-21(26)18-20(25)19-17(15(12-22)23-18)14-10-6-7-11-16(14)24(19)13-8-4-3-5-9-13;1-2-26-20(25)16-18(24)17-15(19(21)22-16)13-10-6-7-11-14(13)23(17)12-8-4-3-5-9-12/h3-11,25H,2H2,1H3;3-11,24H,2H2,1H3. The number of esters is 2. The smallest absolute Gasteiger partial charge is 0.360 e. The predicted molar refractivity (Wildman–Crippen MR) is 205 cm³/mol. The molecule has 4 aromatic carbocycles. The van der Waals surface area contributed by atoms with Crippen molar-refractivity contribution in [1.29, 1.82) is 5.26 Å². The monoisotopic (exact) mass is 767 g/mol. The topological polar surface area (TPSA) is 152 Å². The summed E-state index contributed by atoms with van der Waals surface area (Å²) in [7, 11) is 0. The third-order valence-electron chi connectivity index (χ3n) is 8.60. The second-order valence-corrected chi connectivity index (χ2v) is 12.4. The fourth-order valence-corrected chi connectivity index (χ4v) is 7.06. The number of carbonyl (C=O) groups excluding carboxylic acids is 2. The number of pyridine rings is 2. The molecule has 0 bridgehead atoms. The Balaban J connectivity index is 0.000000164. The molecule has 0 radical (unpaired) electrons. The number of ether oxygens (including phenoxy) is 2. The number of rotatable bonds is 6. The number of halogens is 1. The van der Waals surface area contributed by atoms with Crippen LogP contribution in [0.5, 0.6) is 11.5 Å². The van der Waals surface area contributed by atoms with Gasteiger partial charge in [-0.05, 0) is 66.2 Å². The number of nitrogens with zero attached hydrogens (tertiary/aromatic N) is 5. The molecule has 0 aliphatic heterocycles. The van der Waals surface area contributed by atoms with Gasteiger partial charge in [0, 0.05) is 32.9 Å². The Hall–Kier alpha value is -6.71. The molecular weight excluding hydrogens is 738 g/mol. The molecule has 8 rings (SSSR count). The first-order valence-corrected chi connectivity index (χ1v) is 17.4. The zero-order chi connectivity index (χ0) is 37.2. The Kier molecular flexibility index (Phi) is 9.50. The summed E-state index contributed by atoms with van der Waals surface area (Å²) in [6.07, 6.45) is 0. The van der Waals surface area contributed by atoms with Crippen molar-refractivity contribution in [1.82, 2.24) is 19.1 Å². The molecule has 0 saturated carbocycles. The van der Waals surface area contributed by atoms with Gasteiger partial charge in [0.1, 0.15) is 21.7 Å². The molecule has 0 spiro atoms. The van der Waals surface area contributed by atoms with Gasteiger partial charge in [-0.3, -0.25) is 0 Å². The minimum absolute atomic E-state index is 0.0664. The van der Waals surface area contributed by atoms with Crippen LogP contribution in [0, 0.1) is 11.3 Å². The highest BCUT2D eigenvalue weighted by atomic mass is 79.9. The summed E-state index contributed by atoms with van der Waals surface area (Å²) >= 11 is 3.46. The fourth-order valence-electron chi connectivity index (χ4n) is 6.48. The number of nitriles is 1. The lowest BCUT2D eigenvalue weighted by molar-refractivity contribution is 0.0506. The summed E-state index contributed by atoms with van der Waals surface area (Å²) < 4.78 is 14.3. The number of hydrogen-bond acceptors (Lipinski definition) is 9. The van der Waals surface area contributed by atoms with Crippen molar-refractivity contribution in [2.45, 2.75) is 13.8 Å². The Morgan fingerprint density at radius 3 is 1.55 bits per heavy atom. The van der Waals surface area contributed by atoms with Crippen LogP contribution in [-0.4, -0.2) is 54.5 Å².